The monoisotopic (exact) mass is 300 g/mol. The predicted octanol–water partition coefficient (Wildman–Crippen LogP) is 4.18. The van der Waals surface area contributed by atoms with Crippen molar-refractivity contribution in [2.45, 2.75) is 6.92 Å². The van der Waals surface area contributed by atoms with E-state index in [4.69, 9.17) is 5.73 Å². The third-order valence-corrected chi connectivity index (χ3v) is 3.97. The molecule has 0 aliphatic heterocycles. The van der Waals surface area contributed by atoms with E-state index in [1.165, 1.54) is 10.9 Å². The van der Waals surface area contributed by atoms with E-state index < -0.39 is 0 Å². The van der Waals surface area contributed by atoms with Crippen LogP contribution in [0, 0.1) is 6.92 Å². The quantitative estimate of drug-likeness (QED) is 0.583. The van der Waals surface area contributed by atoms with Crippen LogP contribution in [0.25, 0.3) is 33.5 Å². The normalized spacial score (nSPS) is 11.0. The summed E-state index contributed by atoms with van der Waals surface area (Å²) >= 11 is 0. The second-order valence-electron chi connectivity index (χ2n) is 5.58. The molecular formula is C19H16N4. The molecule has 0 atom stereocenters. The Morgan fingerprint density at radius 2 is 1.65 bits per heavy atom. The van der Waals surface area contributed by atoms with Crippen molar-refractivity contribution in [3.8, 4) is 22.6 Å². The summed E-state index contributed by atoms with van der Waals surface area (Å²) in [5.74, 6) is 0.275. The van der Waals surface area contributed by atoms with Gasteiger partial charge in [-0.2, -0.15) is 0 Å². The molecule has 112 valence electrons. The highest BCUT2D eigenvalue weighted by Crippen LogP contribution is 2.28. The Labute approximate surface area is 134 Å². The van der Waals surface area contributed by atoms with Gasteiger partial charge in [0.1, 0.15) is 0 Å². The van der Waals surface area contributed by atoms with Crippen LogP contribution in [0.2, 0.25) is 0 Å². The first-order valence-electron chi connectivity index (χ1n) is 7.49. The number of nitrogens with two attached hydrogens (primary N) is 1. The van der Waals surface area contributed by atoms with Gasteiger partial charge in [-0.15, -0.1) is 0 Å². The molecular weight excluding hydrogens is 284 g/mol. The zero-order valence-electron chi connectivity index (χ0n) is 12.7. The topological polar surface area (TPSA) is 67.6 Å². The molecule has 0 unspecified atom stereocenters. The Kier molecular flexibility index (Phi) is 3.08. The maximum absolute atomic E-state index is 5.92. The SMILES string of the molecule is Cc1cccc2[nH]c(-c3cc(-c4ccccc4)nc(N)n3)cc12. The molecule has 2 aromatic heterocycles. The number of nitrogens with zero attached hydrogens (tertiary/aromatic N) is 2. The number of hydrogen-bond acceptors (Lipinski definition) is 3. The van der Waals surface area contributed by atoms with Crippen molar-refractivity contribution in [1.82, 2.24) is 15.0 Å². The van der Waals surface area contributed by atoms with Gasteiger partial charge in [0.25, 0.3) is 0 Å². The van der Waals surface area contributed by atoms with Crippen molar-refractivity contribution < 1.29 is 0 Å². The van der Waals surface area contributed by atoms with Crippen LogP contribution in [0.1, 0.15) is 5.56 Å². The third-order valence-electron chi connectivity index (χ3n) is 3.97. The number of nitrogen functional groups attached to an aromatic ring is 1. The molecule has 4 nitrogen and oxygen atoms in total. The summed E-state index contributed by atoms with van der Waals surface area (Å²) in [4.78, 5) is 12.2. The summed E-state index contributed by atoms with van der Waals surface area (Å²) in [6.07, 6.45) is 0. The molecule has 0 spiro atoms. The third kappa shape index (κ3) is 2.44. The molecule has 0 aliphatic rings. The van der Waals surface area contributed by atoms with Crippen LogP contribution in [-0.2, 0) is 0 Å². The van der Waals surface area contributed by atoms with Gasteiger partial charge in [0.15, 0.2) is 0 Å². The number of aromatic nitrogens is 3. The average Bonchev–Trinajstić information content (AvgIpc) is 3.01. The molecule has 3 N–H and O–H groups in total. The molecule has 4 aromatic rings. The van der Waals surface area contributed by atoms with Crippen LogP contribution in [0.3, 0.4) is 0 Å². The molecule has 23 heavy (non-hydrogen) atoms. The van der Waals surface area contributed by atoms with Gasteiger partial charge in [-0.05, 0) is 30.7 Å². The molecule has 0 aliphatic carbocycles. The fourth-order valence-electron chi connectivity index (χ4n) is 2.81. The van der Waals surface area contributed by atoms with E-state index in [-0.39, 0.29) is 5.95 Å². The smallest absolute Gasteiger partial charge is 0.221 e. The van der Waals surface area contributed by atoms with Gasteiger partial charge in [-0.1, -0.05) is 42.5 Å². The zero-order chi connectivity index (χ0) is 15.8. The molecule has 0 fully saturated rings. The van der Waals surface area contributed by atoms with Crippen molar-refractivity contribution in [2.24, 2.45) is 0 Å². The van der Waals surface area contributed by atoms with E-state index in [2.05, 4.69) is 40.1 Å². The Morgan fingerprint density at radius 3 is 2.43 bits per heavy atom. The lowest BCUT2D eigenvalue weighted by atomic mass is 10.1. The second kappa shape index (κ2) is 5.25. The molecule has 2 heterocycles. The van der Waals surface area contributed by atoms with Gasteiger partial charge in [0, 0.05) is 16.5 Å². The first kappa shape index (κ1) is 13.5. The number of aryl methyl sites for hydroxylation is 1. The minimum absolute atomic E-state index is 0.275. The number of H-pyrrole nitrogens is 1. The van der Waals surface area contributed by atoms with Crippen molar-refractivity contribution in [2.75, 3.05) is 5.73 Å². The summed E-state index contributed by atoms with van der Waals surface area (Å²) < 4.78 is 0. The maximum Gasteiger partial charge on any atom is 0.221 e. The Balaban J connectivity index is 1.88. The van der Waals surface area contributed by atoms with Crippen molar-refractivity contribution in [3.63, 3.8) is 0 Å². The van der Waals surface area contributed by atoms with Gasteiger partial charge in [-0.3, -0.25) is 0 Å². The van der Waals surface area contributed by atoms with Gasteiger partial charge in [0.05, 0.1) is 17.1 Å². The molecule has 0 saturated heterocycles. The molecule has 4 heteroatoms. The molecule has 4 rings (SSSR count). The first-order chi connectivity index (χ1) is 11.2. The number of fused-ring (bicyclic) bond motifs is 1. The Bertz CT molecular complexity index is 987. The lowest BCUT2D eigenvalue weighted by molar-refractivity contribution is 1.18. The van der Waals surface area contributed by atoms with Gasteiger partial charge in [0.2, 0.25) is 5.95 Å². The largest absolute Gasteiger partial charge is 0.368 e. The minimum Gasteiger partial charge on any atom is -0.368 e. The summed E-state index contributed by atoms with van der Waals surface area (Å²) in [7, 11) is 0. The van der Waals surface area contributed by atoms with Crippen molar-refractivity contribution in [1.29, 1.82) is 0 Å². The van der Waals surface area contributed by atoms with E-state index in [0.717, 1.165) is 28.2 Å². The predicted molar refractivity (Wildman–Crippen MR) is 93.9 cm³/mol. The van der Waals surface area contributed by atoms with Crippen LogP contribution in [0.5, 0.6) is 0 Å². The molecule has 0 radical (unpaired) electrons. The summed E-state index contributed by atoms with van der Waals surface area (Å²) in [5, 5.41) is 1.20. The number of benzene rings is 2. The summed E-state index contributed by atoms with van der Waals surface area (Å²) in [6, 6.07) is 20.3. The summed E-state index contributed by atoms with van der Waals surface area (Å²) in [5.41, 5.74) is 11.8. The molecule has 0 bridgehead atoms. The number of aromatic amines is 1. The van der Waals surface area contributed by atoms with Crippen LogP contribution < -0.4 is 5.73 Å². The molecule has 0 amide bonds. The van der Waals surface area contributed by atoms with E-state index >= 15 is 0 Å². The van der Waals surface area contributed by atoms with Gasteiger partial charge in [-0.25, -0.2) is 9.97 Å². The first-order valence-corrected chi connectivity index (χ1v) is 7.49. The highest BCUT2D eigenvalue weighted by atomic mass is 15.0. The van der Waals surface area contributed by atoms with Crippen molar-refractivity contribution >= 4 is 16.9 Å². The Hall–Kier alpha value is -3.14. The second-order valence-corrected chi connectivity index (χ2v) is 5.58. The highest BCUT2D eigenvalue weighted by Gasteiger charge is 2.10. The average molecular weight is 300 g/mol. The maximum atomic E-state index is 5.92. The standard InChI is InChI=1S/C19H16N4/c1-12-6-5-9-15-14(12)10-17(21-15)18-11-16(22-19(20)23-18)13-7-3-2-4-8-13/h2-11,21H,1H3,(H2,20,22,23). The summed E-state index contributed by atoms with van der Waals surface area (Å²) in [6.45, 7) is 2.10. The van der Waals surface area contributed by atoms with Crippen LogP contribution in [0.15, 0.2) is 60.7 Å². The number of hydrogen-bond donors (Lipinski definition) is 2. The number of rotatable bonds is 2. The van der Waals surface area contributed by atoms with Crippen LogP contribution >= 0.6 is 0 Å². The lowest BCUT2D eigenvalue weighted by Gasteiger charge is -2.05. The fraction of sp³-hybridized carbons (Fsp3) is 0.0526. The van der Waals surface area contributed by atoms with Crippen molar-refractivity contribution in [3.05, 3.63) is 66.2 Å². The van der Waals surface area contributed by atoms with E-state index in [1.54, 1.807) is 0 Å². The fourth-order valence-corrected chi connectivity index (χ4v) is 2.81. The highest BCUT2D eigenvalue weighted by molar-refractivity contribution is 5.88. The van der Waals surface area contributed by atoms with Gasteiger partial charge >= 0.3 is 0 Å². The molecule has 0 saturated carbocycles. The van der Waals surface area contributed by atoms with E-state index in [1.807, 2.05) is 42.5 Å². The van der Waals surface area contributed by atoms with Crippen LogP contribution in [-0.4, -0.2) is 15.0 Å². The van der Waals surface area contributed by atoms with Crippen LogP contribution in [0.4, 0.5) is 5.95 Å². The zero-order valence-corrected chi connectivity index (χ0v) is 12.7. The Morgan fingerprint density at radius 1 is 0.870 bits per heavy atom. The van der Waals surface area contributed by atoms with Gasteiger partial charge < -0.3 is 10.7 Å². The lowest BCUT2D eigenvalue weighted by Crippen LogP contribution is -1.98. The molecule has 2 aromatic carbocycles. The van der Waals surface area contributed by atoms with E-state index in [9.17, 15) is 0 Å². The number of anilines is 1. The van der Waals surface area contributed by atoms with E-state index in [0.29, 0.717) is 0 Å². The minimum atomic E-state index is 0.275. The number of nitrogens with one attached hydrogen (secondary N) is 1.